The molecule has 1 saturated heterocycles. The molecule has 0 radical (unpaired) electrons. The van der Waals surface area contributed by atoms with Crippen LogP contribution in [-0.4, -0.2) is 82.2 Å². The number of aliphatic carboxylic acids is 1. The van der Waals surface area contributed by atoms with Gasteiger partial charge in [0.2, 0.25) is 17.7 Å². The van der Waals surface area contributed by atoms with Gasteiger partial charge in [-0.3, -0.25) is 14.4 Å². The molecule has 29 heavy (non-hydrogen) atoms. The van der Waals surface area contributed by atoms with Crippen LogP contribution in [0.2, 0.25) is 0 Å². The normalized spacial score (nSPS) is 19.5. The minimum atomic E-state index is -1.10. The number of carboxylic acid groups (broad SMARTS) is 1. The van der Waals surface area contributed by atoms with Crippen molar-refractivity contribution in [3.63, 3.8) is 0 Å². The molecule has 5 N–H and O–H groups in total. The molecular formula is C18H32N4O5S2. The van der Waals surface area contributed by atoms with Crippen LogP contribution in [0.1, 0.15) is 33.1 Å². The molecule has 166 valence electrons. The van der Waals surface area contributed by atoms with Gasteiger partial charge < -0.3 is 26.4 Å². The van der Waals surface area contributed by atoms with Gasteiger partial charge >= 0.3 is 5.97 Å². The molecule has 3 amide bonds. The average molecular weight is 449 g/mol. The quantitative estimate of drug-likeness (QED) is 0.273. The molecule has 0 aromatic carbocycles. The van der Waals surface area contributed by atoms with E-state index in [9.17, 15) is 24.3 Å². The summed E-state index contributed by atoms with van der Waals surface area (Å²) in [4.78, 5) is 50.8. The summed E-state index contributed by atoms with van der Waals surface area (Å²) < 4.78 is 0. The van der Waals surface area contributed by atoms with Gasteiger partial charge in [-0.2, -0.15) is 24.4 Å². The molecular weight excluding hydrogens is 416 g/mol. The molecule has 1 heterocycles. The van der Waals surface area contributed by atoms with Crippen molar-refractivity contribution in [2.75, 3.05) is 24.3 Å². The Balaban J connectivity index is 2.88. The molecule has 11 heteroatoms. The highest BCUT2D eigenvalue weighted by atomic mass is 32.2. The van der Waals surface area contributed by atoms with Gasteiger partial charge in [0.05, 0.1) is 6.04 Å². The van der Waals surface area contributed by atoms with Crippen LogP contribution in [0.15, 0.2) is 0 Å². The number of hydrogen-bond acceptors (Lipinski definition) is 7. The van der Waals surface area contributed by atoms with Gasteiger partial charge in [-0.1, -0.05) is 13.8 Å². The Kier molecular flexibility index (Phi) is 10.8. The molecule has 0 saturated carbocycles. The first-order chi connectivity index (χ1) is 13.6. The summed E-state index contributed by atoms with van der Waals surface area (Å²) in [5.41, 5.74) is 5.68. The minimum Gasteiger partial charge on any atom is -0.480 e. The van der Waals surface area contributed by atoms with Crippen LogP contribution in [0.3, 0.4) is 0 Å². The minimum absolute atomic E-state index is 0.145. The van der Waals surface area contributed by atoms with Gasteiger partial charge in [0, 0.05) is 12.3 Å². The molecule has 1 aliphatic heterocycles. The van der Waals surface area contributed by atoms with Crippen LogP contribution in [0.4, 0.5) is 0 Å². The van der Waals surface area contributed by atoms with Crippen molar-refractivity contribution in [3.8, 4) is 0 Å². The Hall–Kier alpha value is -1.46. The number of nitrogens with two attached hydrogens (primary N) is 1. The topological polar surface area (TPSA) is 142 Å². The van der Waals surface area contributed by atoms with Crippen LogP contribution in [0.5, 0.6) is 0 Å². The van der Waals surface area contributed by atoms with Crippen LogP contribution in [0, 0.1) is 5.92 Å². The number of likely N-dealkylation sites (tertiary alicyclic amines) is 1. The maximum atomic E-state index is 13.1. The summed E-state index contributed by atoms with van der Waals surface area (Å²) in [5.74, 6) is -1.90. The van der Waals surface area contributed by atoms with E-state index in [1.54, 1.807) is 13.8 Å². The van der Waals surface area contributed by atoms with Crippen molar-refractivity contribution in [1.82, 2.24) is 15.5 Å². The van der Waals surface area contributed by atoms with Crippen molar-refractivity contribution >= 4 is 48.1 Å². The second-order valence-corrected chi connectivity index (χ2v) is 8.74. The summed E-state index contributed by atoms with van der Waals surface area (Å²) in [7, 11) is 0. The Morgan fingerprint density at radius 2 is 1.93 bits per heavy atom. The van der Waals surface area contributed by atoms with Gasteiger partial charge in [0.1, 0.15) is 18.1 Å². The number of amides is 3. The zero-order valence-electron chi connectivity index (χ0n) is 17.1. The lowest BCUT2D eigenvalue weighted by molar-refractivity contribution is -0.145. The zero-order chi connectivity index (χ0) is 22.1. The molecule has 1 fully saturated rings. The number of rotatable bonds is 11. The van der Waals surface area contributed by atoms with Crippen molar-refractivity contribution in [1.29, 1.82) is 0 Å². The smallest absolute Gasteiger partial charge is 0.326 e. The lowest BCUT2D eigenvalue weighted by Crippen LogP contribution is -2.58. The first-order valence-corrected chi connectivity index (χ1v) is 11.7. The van der Waals surface area contributed by atoms with E-state index in [1.807, 2.05) is 6.26 Å². The number of nitrogens with one attached hydrogen (secondary N) is 2. The first-order valence-electron chi connectivity index (χ1n) is 9.63. The molecule has 9 nitrogen and oxygen atoms in total. The van der Waals surface area contributed by atoms with Gasteiger partial charge in [0.15, 0.2) is 0 Å². The van der Waals surface area contributed by atoms with Gasteiger partial charge in [0.25, 0.3) is 0 Å². The molecule has 1 rings (SSSR count). The van der Waals surface area contributed by atoms with Crippen molar-refractivity contribution < 1.29 is 24.3 Å². The molecule has 0 aliphatic carbocycles. The lowest BCUT2D eigenvalue weighted by Gasteiger charge is -2.31. The Morgan fingerprint density at radius 3 is 2.45 bits per heavy atom. The second kappa shape index (κ2) is 12.3. The van der Waals surface area contributed by atoms with Crippen LogP contribution >= 0.6 is 24.4 Å². The van der Waals surface area contributed by atoms with Crippen molar-refractivity contribution in [2.24, 2.45) is 11.7 Å². The first kappa shape index (κ1) is 25.6. The average Bonchev–Trinajstić information content (AvgIpc) is 3.17. The Morgan fingerprint density at radius 1 is 1.28 bits per heavy atom. The maximum absolute atomic E-state index is 13.1. The molecule has 1 aliphatic rings. The van der Waals surface area contributed by atoms with Gasteiger partial charge in [-0.25, -0.2) is 4.79 Å². The molecule has 0 bridgehead atoms. The fourth-order valence-corrected chi connectivity index (χ4v) is 3.74. The third kappa shape index (κ3) is 7.38. The highest BCUT2D eigenvalue weighted by Crippen LogP contribution is 2.21. The van der Waals surface area contributed by atoms with E-state index in [1.165, 1.54) is 16.7 Å². The van der Waals surface area contributed by atoms with Crippen molar-refractivity contribution in [2.45, 2.75) is 57.3 Å². The molecule has 0 aromatic rings. The number of carboxylic acids is 1. The predicted molar refractivity (Wildman–Crippen MR) is 116 cm³/mol. The standard InChI is InChI=1S/C18H32N4O5S2/c1-10(2)14(21-15(23)11(19)9-28)17(25)22-7-4-5-13(22)16(24)20-12(18(26)27)6-8-29-3/h10-14,28H,4-9,19H2,1-3H3,(H,20,24)(H,21,23)(H,26,27). The number of hydrogen-bond donors (Lipinski definition) is 5. The predicted octanol–water partition coefficient (Wildman–Crippen LogP) is -0.302. The second-order valence-electron chi connectivity index (χ2n) is 7.39. The third-order valence-electron chi connectivity index (χ3n) is 4.83. The fraction of sp³-hybridized carbons (Fsp3) is 0.778. The number of nitrogens with zero attached hydrogens (tertiary/aromatic N) is 1. The van der Waals surface area contributed by atoms with E-state index in [4.69, 9.17) is 5.73 Å². The summed E-state index contributed by atoms with van der Waals surface area (Å²) in [6.45, 7) is 3.96. The summed E-state index contributed by atoms with van der Waals surface area (Å²) in [6, 6.07) is -3.41. The number of thioether (sulfide) groups is 1. The van der Waals surface area contributed by atoms with E-state index in [-0.39, 0.29) is 17.6 Å². The molecule has 0 aromatic heterocycles. The van der Waals surface area contributed by atoms with Crippen LogP contribution in [-0.2, 0) is 19.2 Å². The summed E-state index contributed by atoms with van der Waals surface area (Å²) in [5, 5.41) is 14.5. The highest BCUT2D eigenvalue weighted by molar-refractivity contribution is 7.98. The van der Waals surface area contributed by atoms with Crippen LogP contribution in [0.25, 0.3) is 0 Å². The third-order valence-corrected chi connectivity index (χ3v) is 5.87. The Labute approximate surface area is 181 Å². The van der Waals surface area contributed by atoms with Crippen LogP contribution < -0.4 is 16.4 Å². The highest BCUT2D eigenvalue weighted by Gasteiger charge is 2.39. The largest absolute Gasteiger partial charge is 0.480 e. The van der Waals surface area contributed by atoms with Gasteiger partial charge in [-0.15, -0.1) is 0 Å². The van der Waals surface area contributed by atoms with E-state index >= 15 is 0 Å². The number of thiol groups is 1. The van der Waals surface area contributed by atoms with Gasteiger partial charge in [-0.05, 0) is 37.2 Å². The summed E-state index contributed by atoms with van der Waals surface area (Å²) in [6.07, 6.45) is 3.23. The molecule has 4 atom stereocenters. The SMILES string of the molecule is CSCCC(NC(=O)C1CCCN1C(=O)C(NC(=O)C(N)CS)C(C)C)C(=O)O. The van der Waals surface area contributed by atoms with E-state index in [0.717, 1.165) is 0 Å². The zero-order valence-corrected chi connectivity index (χ0v) is 18.8. The molecule has 4 unspecified atom stereocenters. The fourth-order valence-electron chi connectivity index (χ4n) is 3.10. The lowest BCUT2D eigenvalue weighted by atomic mass is 10.0. The number of carbonyl (C=O) groups excluding carboxylic acids is 3. The monoisotopic (exact) mass is 448 g/mol. The number of carbonyl (C=O) groups is 4. The van der Waals surface area contributed by atoms with Crippen molar-refractivity contribution in [3.05, 3.63) is 0 Å². The van der Waals surface area contributed by atoms with E-state index in [0.29, 0.717) is 31.6 Å². The maximum Gasteiger partial charge on any atom is 0.326 e. The Bertz CT molecular complexity index is 605. The summed E-state index contributed by atoms with van der Waals surface area (Å²) >= 11 is 5.49. The molecule has 0 spiro atoms. The van der Waals surface area contributed by atoms with E-state index in [2.05, 4.69) is 23.3 Å². The van der Waals surface area contributed by atoms with E-state index < -0.39 is 42.0 Å².